The first kappa shape index (κ1) is 9.63. The normalized spacial score (nSPS) is 12.2. The van der Waals surface area contributed by atoms with Crippen molar-refractivity contribution in [2.24, 2.45) is 5.73 Å². The Hall–Kier alpha value is -0.370. The van der Waals surface area contributed by atoms with E-state index < -0.39 is 12.0 Å². The molecular formula is C4H7IN2O3. The number of hydrogen-bond donors (Lipinski definition) is 3. The molecule has 0 heterocycles. The van der Waals surface area contributed by atoms with E-state index in [0.29, 0.717) is 0 Å². The lowest BCUT2D eigenvalue weighted by Crippen LogP contribution is -2.34. The largest absolute Gasteiger partial charge is 0.480 e. The molecule has 0 rings (SSSR count). The van der Waals surface area contributed by atoms with Crippen LogP contribution in [0.25, 0.3) is 0 Å². The minimum Gasteiger partial charge on any atom is -0.480 e. The van der Waals surface area contributed by atoms with Crippen molar-refractivity contribution in [3.8, 4) is 0 Å². The Morgan fingerprint density at radius 2 is 2.20 bits per heavy atom. The fourth-order valence-electron chi connectivity index (χ4n) is 0.326. The highest BCUT2D eigenvalue weighted by atomic mass is 127. The highest BCUT2D eigenvalue weighted by Crippen LogP contribution is 1.88. The van der Waals surface area contributed by atoms with Gasteiger partial charge in [0.15, 0.2) is 0 Å². The summed E-state index contributed by atoms with van der Waals surface area (Å²) in [6, 6.07) is -1.10. The molecule has 0 fully saturated rings. The Balaban J connectivity index is 3.68. The number of nitrogens with two attached hydrogens (primary N) is 1. The number of halogens is 1. The van der Waals surface area contributed by atoms with Gasteiger partial charge in [0.2, 0.25) is 5.91 Å². The standard InChI is InChI=1S/C4H7IN2O3/c5-7-3(8)1-2(6)4(9)10/h2H,1,6H2,(H,7,8)(H,9,10)/t2-/m0/s1. The Morgan fingerprint density at radius 1 is 1.70 bits per heavy atom. The first-order valence-corrected chi connectivity index (χ1v) is 3.53. The van der Waals surface area contributed by atoms with Crippen LogP contribution in [0.5, 0.6) is 0 Å². The van der Waals surface area contributed by atoms with Crippen molar-refractivity contribution in [1.82, 2.24) is 3.53 Å². The molecule has 0 saturated heterocycles. The third kappa shape index (κ3) is 3.62. The second-order valence-electron chi connectivity index (χ2n) is 1.67. The number of carboxylic acids is 1. The third-order valence-corrected chi connectivity index (χ3v) is 1.43. The molecule has 0 aliphatic carbocycles. The molecule has 5 nitrogen and oxygen atoms in total. The topological polar surface area (TPSA) is 92.4 Å². The Kier molecular flexibility index (Phi) is 4.28. The summed E-state index contributed by atoms with van der Waals surface area (Å²) in [5, 5.41) is 8.22. The minimum absolute atomic E-state index is 0.182. The van der Waals surface area contributed by atoms with Crippen molar-refractivity contribution in [3.05, 3.63) is 0 Å². The van der Waals surface area contributed by atoms with E-state index in [2.05, 4.69) is 3.53 Å². The first-order valence-electron chi connectivity index (χ1n) is 2.45. The van der Waals surface area contributed by atoms with Gasteiger partial charge in [-0.15, -0.1) is 0 Å². The van der Waals surface area contributed by atoms with E-state index in [1.54, 1.807) is 22.9 Å². The third-order valence-electron chi connectivity index (χ3n) is 0.828. The summed E-state index contributed by atoms with van der Waals surface area (Å²) < 4.78 is 2.24. The van der Waals surface area contributed by atoms with E-state index >= 15 is 0 Å². The second kappa shape index (κ2) is 4.45. The van der Waals surface area contributed by atoms with Gasteiger partial charge in [0, 0.05) is 0 Å². The molecule has 1 amide bonds. The fraction of sp³-hybridized carbons (Fsp3) is 0.500. The molecule has 0 aliphatic rings. The number of nitrogens with one attached hydrogen (secondary N) is 1. The van der Waals surface area contributed by atoms with Gasteiger partial charge in [-0.1, -0.05) is 0 Å². The van der Waals surface area contributed by atoms with Crippen LogP contribution in [0.3, 0.4) is 0 Å². The number of amides is 1. The lowest BCUT2D eigenvalue weighted by atomic mass is 10.2. The number of rotatable bonds is 3. The quantitative estimate of drug-likeness (QED) is 0.459. The molecule has 0 aliphatic heterocycles. The van der Waals surface area contributed by atoms with E-state index in [1.807, 2.05) is 0 Å². The van der Waals surface area contributed by atoms with Crippen LogP contribution < -0.4 is 9.26 Å². The second-order valence-corrected chi connectivity index (χ2v) is 2.21. The van der Waals surface area contributed by atoms with Gasteiger partial charge < -0.3 is 10.8 Å². The maximum absolute atomic E-state index is 10.5. The Morgan fingerprint density at radius 3 is 2.50 bits per heavy atom. The lowest BCUT2D eigenvalue weighted by Gasteiger charge is -2.02. The SMILES string of the molecule is N[C@@H](CC(=O)NI)C(=O)O. The molecule has 58 valence electrons. The average Bonchev–Trinajstić information content (AvgIpc) is 1.87. The summed E-state index contributed by atoms with van der Waals surface area (Å²) in [6.45, 7) is 0. The molecular weight excluding hydrogens is 251 g/mol. The van der Waals surface area contributed by atoms with E-state index in [4.69, 9.17) is 10.8 Å². The molecule has 10 heavy (non-hydrogen) atoms. The number of hydrogen-bond acceptors (Lipinski definition) is 3. The van der Waals surface area contributed by atoms with Gasteiger partial charge in [-0.2, -0.15) is 0 Å². The summed E-state index contributed by atoms with van der Waals surface area (Å²) in [5.74, 6) is -1.55. The molecule has 0 spiro atoms. The van der Waals surface area contributed by atoms with Crippen molar-refractivity contribution in [1.29, 1.82) is 0 Å². The number of aliphatic carboxylic acids is 1. The molecule has 0 aromatic rings. The van der Waals surface area contributed by atoms with E-state index in [9.17, 15) is 9.59 Å². The Bertz CT molecular complexity index is 149. The fourth-order valence-corrected chi connectivity index (χ4v) is 0.546. The van der Waals surface area contributed by atoms with Crippen molar-refractivity contribution in [2.75, 3.05) is 0 Å². The zero-order valence-corrected chi connectivity index (χ0v) is 7.16. The van der Waals surface area contributed by atoms with E-state index in [1.165, 1.54) is 0 Å². The van der Waals surface area contributed by atoms with Crippen LogP contribution in [-0.4, -0.2) is 23.0 Å². The molecule has 0 unspecified atom stereocenters. The predicted octanol–water partition coefficient (Wildman–Crippen LogP) is -0.745. The first-order chi connectivity index (χ1) is 4.57. The van der Waals surface area contributed by atoms with Gasteiger partial charge in [-0.3, -0.25) is 13.1 Å². The maximum atomic E-state index is 10.5. The zero-order valence-electron chi connectivity index (χ0n) is 5.00. The van der Waals surface area contributed by atoms with Crippen LogP contribution in [0.4, 0.5) is 0 Å². The number of carboxylic acid groups (broad SMARTS) is 1. The van der Waals surface area contributed by atoms with Gasteiger partial charge in [-0.05, 0) is 0 Å². The summed E-state index contributed by atoms with van der Waals surface area (Å²) in [6.07, 6.45) is -0.182. The number of carbonyl (C=O) groups is 2. The summed E-state index contributed by atoms with van der Waals surface area (Å²) >= 11 is 1.62. The molecule has 0 aromatic heterocycles. The maximum Gasteiger partial charge on any atom is 0.321 e. The highest BCUT2D eigenvalue weighted by Gasteiger charge is 2.14. The van der Waals surface area contributed by atoms with Gasteiger partial charge in [-0.25, -0.2) is 0 Å². The molecule has 0 aromatic carbocycles. The van der Waals surface area contributed by atoms with E-state index in [0.717, 1.165) is 0 Å². The van der Waals surface area contributed by atoms with Gasteiger partial charge in [0.1, 0.15) is 6.04 Å². The van der Waals surface area contributed by atoms with Crippen LogP contribution in [-0.2, 0) is 9.59 Å². The van der Waals surface area contributed by atoms with Crippen molar-refractivity contribution < 1.29 is 14.7 Å². The molecule has 0 saturated carbocycles. The monoisotopic (exact) mass is 258 g/mol. The zero-order chi connectivity index (χ0) is 8.15. The molecule has 4 N–H and O–H groups in total. The van der Waals surface area contributed by atoms with Gasteiger partial charge in [0.25, 0.3) is 0 Å². The van der Waals surface area contributed by atoms with Crippen molar-refractivity contribution >= 4 is 34.7 Å². The van der Waals surface area contributed by atoms with Gasteiger partial charge in [0.05, 0.1) is 29.3 Å². The molecule has 0 radical (unpaired) electrons. The lowest BCUT2D eigenvalue weighted by molar-refractivity contribution is -0.140. The summed E-state index contributed by atoms with van der Waals surface area (Å²) in [4.78, 5) is 20.5. The van der Waals surface area contributed by atoms with Crippen LogP contribution in [0.2, 0.25) is 0 Å². The van der Waals surface area contributed by atoms with Crippen LogP contribution in [0, 0.1) is 0 Å². The minimum atomic E-state index is -1.17. The van der Waals surface area contributed by atoms with Crippen molar-refractivity contribution in [2.45, 2.75) is 12.5 Å². The molecule has 6 heteroatoms. The smallest absolute Gasteiger partial charge is 0.321 e. The summed E-state index contributed by atoms with van der Waals surface area (Å²) in [7, 11) is 0. The highest BCUT2D eigenvalue weighted by molar-refractivity contribution is 14.1. The predicted molar refractivity (Wildman–Crippen MR) is 42.4 cm³/mol. The summed E-state index contributed by atoms with van der Waals surface area (Å²) in [5.41, 5.74) is 5.03. The van der Waals surface area contributed by atoms with Crippen molar-refractivity contribution in [3.63, 3.8) is 0 Å². The van der Waals surface area contributed by atoms with E-state index in [-0.39, 0.29) is 12.3 Å². The van der Waals surface area contributed by atoms with Crippen LogP contribution in [0.1, 0.15) is 6.42 Å². The Labute approximate surface area is 71.5 Å². The number of carbonyl (C=O) groups excluding carboxylic acids is 1. The van der Waals surface area contributed by atoms with Gasteiger partial charge >= 0.3 is 5.97 Å². The molecule has 0 bridgehead atoms. The molecule has 1 atom stereocenters. The van der Waals surface area contributed by atoms with Crippen LogP contribution in [0.15, 0.2) is 0 Å². The average molecular weight is 258 g/mol. The van der Waals surface area contributed by atoms with Crippen LogP contribution >= 0.6 is 22.9 Å².